The van der Waals surface area contributed by atoms with Gasteiger partial charge in [0.2, 0.25) is 0 Å². The summed E-state index contributed by atoms with van der Waals surface area (Å²) in [7, 11) is 0. The van der Waals surface area contributed by atoms with Gasteiger partial charge in [-0.05, 0) is 18.6 Å². The second kappa shape index (κ2) is 5.36. The molecule has 5 nitrogen and oxygen atoms in total. The minimum Gasteiger partial charge on any atom is -0.319 e. The molecule has 0 saturated heterocycles. The van der Waals surface area contributed by atoms with Crippen LogP contribution >= 0.6 is 0 Å². The van der Waals surface area contributed by atoms with Gasteiger partial charge in [-0.2, -0.15) is 0 Å². The molecule has 0 aromatic heterocycles. The minimum atomic E-state index is -0.344. The van der Waals surface area contributed by atoms with Crippen LogP contribution in [-0.4, -0.2) is 23.8 Å². The summed E-state index contributed by atoms with van der Waals surface area (Å²) in [6, 6.07) is 14.8. The van der Waals surface area contributed by atoms with Crippen LogP contribution in [0.3, 0.4) is 0 Å². The minimum absolute atomic E-state index is 0.112. The molecule has 0 saturated carbocycles. The van der Waals surface area contributed by atoms with Gasteiger partial charge in [-0.1, -0.05) is 36.4 Å². The molecule has 2 aromatic carbocycles. The van der Waals surface area contributed by atoms with E-state index in [1.807, 2.05) is 42.2 Å². The number of hydrogen-bond donors (Lipinski definition) is 0. The molecule has 0 fully saturated rings. The summed E-state index contributed by atoms with van der Waals surface area (Å²) >= 11 is 0. The molecule has 0 N–H and O–H groups in total. The fraction of sp³-hybridized carbons (Fsp3) is 0.188. The lowest BCUT2D eigenvalue weighted by Gasteiger charge is -2.21. The molecule has 0 atom stereocenters. The number of benzene rings is 2. The van der Waals surface area contributed by atoms with Crippen molar-refractivity contribution in [2.24, 2.45) is 4.99 Å². The number of anilines is 1. The summed E-state index contributed by atoms with van der Waals surface area (Å²) in [4.78, 5) is 17.4. The van der Waals surface area contributed by atoms with E-state index in [2.05, 4.69) is 4.99 Å². The largest absolute Gasteiger partial charge is 0.319 e. The van der Waals surface area contributed by atoms with Crippen molar-refractivity contribution in [1.29, 1.82) is 0 Å². The van der Waals surface area contributed by atoms with E-state index >= 15 is 0 Å². The first kappa shape index (κ1) is 13.3. The van der Waals surface area contributed by atoms with Crippen LogP contribution < -0.4 is 4.90 Å². The number of rotatable bonds is 3. The Hall–Kier alpha value is -2.69. The maximum atomic E-state index is 11.2. The first-order chi connectivity index (χ1) is 10.2. The zero-order valence-corrected chi connectivity index (χ0v) is 11.7. The third-order valence-corrected chi connectivity index (χ3v) is 3.60. The molecule has 0 amide bonds. The molecule has 3 rings (SSSR count). The number of hydrogen-bond acceptors (Lipinski definition) is 4. The molecule has 5 heteroatoms. The van der Waals surface area contributed by atoms with Gasteiger partial charge in [-0.15, -0.1) is 0 Å². The van der Waals surface area contributed by atoms with Crippen molar-refractivity contribution in [3.05, 3.63) is 69.8 Å². The molecule has 1 heterocycles. The fourth-order valence-electron chi connectivity index (χ4n) is 2.58. The molecule has 2 aromatic rings. The zero-order chi connectivity index (χ0) is 14.8. The highest BCUT2D eigenvalue weighted by Crippen LogP contribution is 2.31. The molecule has 0 unspecified atom stereocenters. The Bertz CT molecular complexity index is 725. The molecule has 106 valence electrons. The summed E-state index contributed by atoms with van der Waals surface area (Å²) in [6.07, 6.45) is 0. The second-order valence-corrected chi connectivity index (χ2v) is 4.92. The van der Waals surface area contributed by atoms with Gasteiger partial charge < -0.3 is 4.90 Å². The van der Waals surface area contributed by atoms with E-state index in [1.54, 1.807) is 12.1 Å². The van der Waals surface area contributed by atoms with Crippen LogP contribution in [0.5, 0.6) is 0 Å². The van der Waals surface area contributed by atoms with Gasteiger partial charge in [-0.3, -0.25) is 15.1 Å². The molecule has 0 spiro atoms. The van der Waals surface area contributed by atoms with Crippen molar-refractivity contribution in [2.45, 2.75) is 6.92 Å². The van der Waals surface area contributed by atoms with Gasteiger partial charge in [0.1, 0.15) is 11.5 Å². The third kappa shape index (κ3) is 2.38. The molecule has 21 heavy (non-hydrogen) atoms. The quantitative estimate of drug-likeness (QED) is 0.641. The van der Waals surface area contributed by atoms with E-state index in [1.165, 1.54) is 6.07 Å². The number of nitrogens with zero attached hydrogens (tertiary/aromatic N) is 3. The van der Waals surface area contributed by atoms with Crippen molar-refractivity contribution in [1.82, 2.24) is 0 Å². The van der Waals surface area contributed by atoms with Crippen LogP contribution in [0.4, 0.5) is 11.4 Å². The fourth-order valence-corrected chi connectivity index (χ4v) is 2.58. The molecule has 1 aliphatic heterocycles. The van der Waals surface area contributed by atoms with Crippen LogP contribution in [-0.2, 0) is 0 Å². The molecule has 0 bridgehead atoms. The van der Waals surface area contributed by atoms with E-state index in [-0.39, 0.29) is 10.6 Å². The van der Waals surface area contributed by atoms with Crippen LogP contribution in [0, 0.1) is 17.0 Å². The Labute approximate surface area is 122 Å². The SMILES string of the molecule is Cc1ccccc1C1=NCCN1c1ccccc1[N+](=O)[O-]. The normalized spacial score (nSPS) is 14.1. The maximum Gasteiger partial charge on any atom is 0.292 e. The van der Waals surface area contributed by atoms with Gasteiger partial charge in [0.15, 0.2) is 0 Å². The first-order valence-electron chi connectivity index (χ1n) is 6.80. The molecular weight excluding hydrogens is 266 g/mol. The number of aliphatic imine (C=N–C) groups is 1. The maximum absolute atomic E-state index is 11.2. The summed E-state index contributed by atoms with van der Waals surface area (Å²) in [5.41, 5.74) is 2.84. The zero-order valence-electron chi connectivity index (χ0n) is 11.7. The Kier molecular flexibility index (Phi) is 3.39. The van der Waals surface area contributed by atoms with Crippen molar-refractivity contribution in [3.63, 3.8) is 0 Å². The summed E-state index contributed by atoms with van der Waals surface area (Å²) in [5.74, 6) is 0.808. The van der Waals surface area contributed by atoms with Gasteiger partial charge in [0.25, 0.3) is 5.69 Å². The van der Waals surface area contributed by atoms with E-state index in [0.29, 0.717) is 18.8 Å². The second-order valence-electron chi connectivity index (χ2n) is 4.92. The lowest BCUT2D eigenvalue weighted by Crippen LogP contribution is -2.29. The highest BCUT2D eigenvalue weighted by Gasteiger charge is 2.26. The Morgan fingerprint density at radius 2 is 1.86 bits per heavy atom. The monoisotopic (exact) mass is 281 g/mol. The smallest absolute Gasteiger partial charge is 0.292 e. The van der Waals surface area contributed by atoms with E-state index in [9.17, 15) is 10.1 Å². The number of nitro benzene ring substituents is 1. The molecule has 0 aliphatic carbocycles. The van der Waals surface area contributed by atoms with Gasteiger partial charge in [-0.25, -0.2) is 0 Å². The van der Waals surface area contributed by atoms with E-state index in [4.69, 9.17) is 0 Å². The Balaban J connectivity index is 2.06. The lowest BCUT2D eigenvalue weighted by molar-refractivity contribution is -0.384. The van der Waals surface area contributed by atoms with Crippen molar-refractivity contribution in [2.75, 3.05) is 18.0 Å². The third-order valence-electron chi connectivity index (χ3n) is 3.60. The van der Waals surface area contributed by atoms with Gasteiger partial charge in [0, 0.05) is 18.2 Å². The predicted octanol–water partition coefficient (Wildman–Crippen LogP) is 3.17. The predicted molar refractivity (Wildman–Crippen MR) is 83.0 cm³/mol. The van der Waals surface area contributed by atoms with Crippen molar-refractivity contribution in [3.8, 4) is 0 Å². The Morgan fingerprint density at radius 1 is 1.14 bits per heavy atom. The average Bonchev–Trinajstić information content (AvgIpc) is 2.96. The topological polar surface area (TPSA) is 58.7 Å². The van der Waals surface area contributed by atoms with Gasteiger partial charge in [0.05, 0.1) is 11.5 Å². The standard InChI is InChI=1S/C16H15N3O2/c1-12-6-2-3-7-13(12)16-17-10-11-18(16)14-8-4-5-9-15(14)19(20)21/h2-9H,10-11H2,1H3. The summed E-state index contributed by atoms with van der Waals surface area (Å²) in [5, 5.41) is 11.2. The van der Waals surface area contributed by atoms with Crippen LogP contribution in [0.15, 0.2) is 53.5 Å². The summed E-state index contributed by atoms with van der Waals surface area (Å²) < 4.78 is 0. The molecular formula is C16H15N3O2. The number of nitro groups is 1. The van der Waals surface area contributed by atoms with Crippen LogP contribution in [0.25, 0.3) is 0 Å². The van der Waals surface area contributed by atoms with E-state index in [0.717, 1.165) is 17.0 Å². The number of aryl methyl sites for hydroxylation is 1. The van der Waals surface area contributed by atoms with E-state index < -0.39 is 0 Å². The average molecular weight is 281 g/mol. The van der Waals surface area contributed by atoms with Crippen LogP contribution in [0.2, 0.25) is 0 Å². The number of para-hydroxylation sites is 2. The van der Waals surface area contributed by atoms with Crippen LogP contribution in [0.1, 0.15) is 11.1 Å². The van der Waals surface area contributed by atoms with Gasteiger partial charge >= 0.3 is 0 Å². The summed E-state index contributed by atoms with van der Waals surface area (Å²) in [6.45, 7) is 3.33. The first-order valence-corrected chi connectivity index (χ1v) is 6.80. The van der Waals surface area contributed by atoms with Crippen molar-refractivity contribution >= 4 is 17.2 Å². The number of amidine groups is 1. The van der Waals surface area contributed by atoms with Crippen molar-refractivity contribution < 1.29 is 4.92 Å². The Morgan fingerprint density at radius 3 is 2.62 bits per heavy atom. The highest BCUT2D eigenvalue weighted by molar-refractivity contribution is 6.12. The molecule has 1 aliphatic rings. The molecule has 0 radical (unpaired) electrons. The lowest BCUT2D eigenvalue weighted by atomic mass is 10.1. The highest BCUT2D eigenvalue weighted by atomic mass is 16.6.